The Morgan fingerprint density at radius 1 is 1.44 bits per heavy atom. The third kappa shape index (κ3) is 2.84. The fraction of sp³-hybridized carbons (Fsp3) is 0.421. The number of carbonyl (C=O) groups excluding carboxylic acids is 1. The molecule has 25 heavy (non-hydrogen) atoms. The maximum absolute atomic E-state index is 13.2. The molecule has 4 rings (SSSR count). The van der Waals surface area contributed by atoms with E-state index in [0.29, 0.717) is 11.6 Å². The van der Waals surface area contributed by atoms with Gasteiger partial charge in [-0.05, 0) is 51.1 Å². The summed E-state index contributed by atoms with van der Waals surface area (Å²) in [5.74, 6) is 0.0958. The van der Waals surface area contributed by atoms with E-state index in [0.717, 1.165) is 41.0 Å². The van der Waals surface area contributed by atoms with Crippen molar-refractivity contribution in [2.45, 2.75) is 45.7 Å². The first-order valence-electron chi connectivity index (χ1n) is 8.83. The van der Waals surface area contributed by atoms with E-state index < -0.39 is 0 Å². The molecule has 0 spiro atoms. The summed E-state index contributed by atoms with van der Waals surface area (Å²) in [4.78, 5) is 21.1. The van der Waals surface area contributed by atoms with E-state index in [2.05, 4.69) is 18.9 Å². The molecule has 5 nitrogen and oxygen atoms in total. The quantitative estimate of drug-likeness (QED) is 0.684. The van der Waals surface area contributed by atoms with Crippen LogP contribution in [-0.2, 0) is 0 Å². The number of pyridine rings is 1. The first-order chi connectivity index (χ1) is 12.1. The number of amides is 1. The van der Waals surface area contributed by atoms with E-state index in [1.165, 1.54) is 0 Å². The second kappa shape index (κ2) is 6.26. The predicted octanol–water partition coefficient (Wildman–Crippen LogP) is 4.37. The van der Waals surface area contributed by atoms with Crippen LogP contribution in [0.4, 0.5) is 0 Å². The lowest BCUT2D eigenvalue weighted by molar-refractivity contribution is 0.0754. The average Bonchev–Trinajstić information content (AvgIpc) is 3.13. The van der Waals surface area contributed by atoms with Gasteiger partial charge in [0, 0.05) is 18.6 Å². The molecule has 6 heteroatoms. The Balaban J connectivity index is 1.91. The van der Waals surface area contributed by atoms with Crippen molar-refractivity contribution in [2.24, 2.45) is 0 Å². The van der Waals surface area contributed by atoms with Gasteiger partial charge in [0.1, 0.15) is 0 Å². The minimum absolute atomic E-state index is 0.0958. The number of rotatable bonds is 5. The molecule has 1 aliphatic rings. The van der Waals surface area contributed by atoms with Gasteiger partial charge in [0.15, 0.2) is 5.65 Å². The molecule has 3 heterocycles. The van der Waals surface area contributed by atoms with Gasteiger partial charge in [-0.15, -0.1) is 11.3 Å². The van der Waals surface area contributed by atoms with E-state index in [9.17, 15) is 4.79 Å². The van der Waals surface area contributed by atoms with Crippen LogP contribution in [0.5, 0.6) is 0 Å². The maximum atomic E-state index is 13.2. The van der Waals surface area contributed by atoms with Crippen molar-refractivity contribution < 1.29 is 4.79 Å². The minimum Gasteiger partial charge on any atom is -0.336 e. The van der Waals surface area contributed by atoms with E-state index >= 15 is 0 Å². The highest BCUT2D eigenvalue weighted by molar-refractivity contribution is 7.13. The highest BCUT2D eigenvalue weighted by Gasteiger charge is 2.33. The van der Waals surface area contributed by atoms with Gasteiger partial charge in [0.2, 0.25) is 0 Å². The van der Waals surface area contributed by atoms with Crippen LogP contribution >= 0.6 is 11.3 Å². The number of fused-ring (bicyclic) bond motifs is 1. The summed E-state index contributed by atoms with van der Waals surface area (Å²) in [6.45, 7) is 6.94. The number of aromatic nitrogens is 3. The smallest absolute Gasteiger partial charge is 0.254 e. The SMILES string of the molecule is CCN(C(=O)c1cc(-c2cccs2)nc2c1cnn2C(C)C)C1CC1. The van der Waals surface area contributed by atoms with Gasteiger partial charge in [-0.3, -0.25) is 4.79 Å². The van der Waals surface area contributed by atoms with Crippen LogP contribution in [0.15, 0.2) is 29.8 Å². The van der Waals surface area contributed by atoms with Crippen molar-refractivity contribution in [3.8, 4) is 10.6 Å². The summed E-state index contributed by atoms with van der Waals surface area (Å²) in [7, 11) is 0. The zero-order valence-corrected chi connectivity index (χ0v) is 15.6. The van der Waals surface area contributed by atoms with Crippen LogP contribution in [0.3, 0.4) is 0 Å². The molecule has 1 fully saturated rings. The molecule has 1 amide bonds. The van der Waals surface area contributed by atoms with Gasteiger partial charge >= 0.3 is 0 Å². The Morgan fingerprint density at radius 2 is 2.24 bits per heavy atom. The van der Waals surface area contributed by atoms with Gasteiger partial charge in [0.05, 0.1) is 27.7 Å². The van der Waals surface area contributed by atoms with Gasteiger partial charge in [-0.25, -0.2) is 9.67 Å². The van der Waals surface area contributed by atoms with Crippen LogP contribution in [0, 0.1) is 0 Å². The molecule has 1 aliphatic carbocycles. The number of thiophene rings is 1. The molecule has 0 aliphatic heterocycles. The second-order valence-corrected chi connectivity index (χ2v) is 7.72. The normalized spacial score (nSPS) is 14.4. The Hall–Kier alpha value is -2.21. The summed E-state index contributed by atoms with van der Waals surface area (Å²) in [6.07, 6.45) is 4.00. The molecule has 0 bridgehead atoms. The zero-order chi connectivity index (χ0) is 17.6. The number of hydrogen-bond acceptors (Lipinski definition) is 4. The minimum atomic E-state index is 0.0958. The lowest BCUT2D eigenvalue weighted by Gasteiger charge is -2.21. The van der Waals surface area contributed by atoms with Gasteiger partial charge in [-0.1, -0.05) is 6.07 Å². The zero-order valence-electron chi connectivity index (χ0n) is 14.8. The van der Waals surface area contributed by atoms with Crippen molar-refractivity contribution in [3.63, 3.8) is 0 Å². The van der Waals surface area contributed by atoms with Crippen molar-refractivity contribution >= 4 is 28.3 Å². The molecule has 0 radical (unpaired) electrons. The highest BCUT2D eigenvalue weighted by Crippen LogP contribution is 2.32. The van der Waals surface area contributed by atoms with Crippen LogP contribution in [0.1, 0.15) is 50.0 Å². The molecule has 130 valence electrons. The Labute approximate surface area is 151 Å². The van der Waals surface area contributed by atoms with E-state index in [1.807, 2.05) is 40.1 Å². The van der Waals surface area contributed by atoms with Crippen molar-refractivity contribution in [3.05, 3.63) is 35.3 Å². The van der Waals surface area contributed by atoms with E-state index in [1.54, 1.807) is 17.5 Å². The van der Waals surface area contributed by atoms with Crippen LogP contribution < -0.4 is 0 Å². The highest BCUT2D eigenvalue weighted by atomic mass is 32.1. The van der Waals surface area contributed by atoms with Crippen molar-refractivity contribution in [2.75, 3.05) is 6.54 Å². The molecule has 0 atom stereocenters. The van der Waals surface area contributed by atoms with Gasteiger partial charge < -0.3 is 4.90 Å². The van der Waals surface area contributed by atoms with Crippen LogP contribution in [0.25, 0.3) is 21.6 Å². The third-order valence-corrected chi connectivity index (χ3v) is 5.54. The van der Waals surface area contributed by atoms with Gasteiger partial charge in [-0.2, -0.15) is 5.10 Å². The summed E-state index contributed by atoms with van der Waals surface area (Å²) in [6, 6.07) is 6.58. The molecule has 0 N–H and O–H groups in total. The number of nitrogens with zero attached hydrogens (tertiary/aromatic N) is 4. The topological polar surface area (TPSA) is 51.0 Å². The van der Waals surface area contributed by atoms with Crippen molar-refractivity contribution in [1.29, 1.82) is 0 Å². The molecule has 3 aromatic rings. The number of hydrogen-bond donors (Lipinski definition) is 0. The molecule has 1 saturated carbocycles. The first kappa shape index (κ1) is 16.3. The van der Waals surface area contributed by atoms with Gasteiger partial charge in [0.25, 0.3) is 5.91 Å². The third-order valence-electron chi connectivity index (χ3n) is 4.65. The molecular formula is C19H22N4OS. The Kier molecular flexibility index (Phi) is 4.07. The Morgan fingerprint density at radius 3 is 2.84 bits per heavy atom. The summed E-state index contributed by atoms with van der Waals surface area (Å²) in [5, 5.41) is 7.37. The molecule has 3 aromatic heterocycles. The van der Waals surface area contributed by atoms with Crippen molar-refractivity contribution in [1.82, 2.24) is 19.7 Å². The largest absolute Gasteiger partial charge is 0.336 e. The van der Waals surface area contributed by atoms with Crippen LogP contribution in [-0.4, -0.2) is 38.2 Å². The Bertz CT molecular complexity index is 909. The fourth-order valence-electron chi connectivity index (χ4n) is 3.23. The predicted molar refractivity (Wildman–Crippen MR) is 101 cm³/mol. The summed E-state index contributed by atoms with van der Waals surface area (Å²) >= 11 is 1.64. The lowest BCUT2D eigenvalue weighted by Crippen LogP contribution is -2.33. The van der Waals surface area contributed by atoms with E-state index in [4.69, 9.17) is 4.98 Å². The molecule has 0 aromatic carbocycles. The summed E-state index contributed by atoms with van der Waals surface area (Å²) < 4.78 is 1.90. The van der Waals surface area contributed by atoms with Crippen LogP contribution in [0.2, 0.25) is 0 Å². The fourth-order valence-corrected chi connectivity index (χ4v) is 3.92. The van der Waals surface area contributed by atoms with E-state index in [-0.39, 0.29) is 11.9 Å². The lowest BCUT2D eigenvalue weighted by atomic mass is 10.1. The maximum Gasteiger partial charge on any atom is 0.254 e. The monoisotopic (exact) mass is 354 g/mol. The number of carbonyl (C=O) groups is 1. The standard InChI is InChI=1S/C19H22N4OS/c1-4-22(13-7-8-13)19(24)14-10-16(17-6-5-9-25-17)21-18-15(14)11-20-23(18)12(2)3/h5-6,9-13H,4,7-8H2,1-3H3. The first-order valence-corrected chi connectivity index (χ1v) is 9.71. The molecular weight excluding hydrogens is 332 g/mol. The molecule has 0 unspecified atom stereocenters. The average molecular weight is 354 g/mol. The summed E-state index contributed by atoms with van der Waals surface area (Å²) in [5.41, 5.74) is 2.35. The second-order valence-electron chi connectivity index (χ2n) is 6.77. The molecule has 0 saturated heterocycles.